The van der Waals surface area contributed by atoms with Gasteiger partial charge < -0.3 is 10.6 Å². The number of anilines is 2. The van der Waals surface area contributed by atoms with E-state index in [1.54, 1.807) is 36.9 Å². The number of carbonyl (C=O) groups is 1. The van der Waals surface area contributed by atoms with Crippen LogP contribution < -0.4 is 10.6 Å². The summed E-state index contributed by atoms with van der Waals surface area (Å²) >= 11 is 0. The molecule has 26 heavy (non-hydrogen) atoms. The molecule has 0 aliphatic carbocycles. The molecule has 6 heteroatoms. The summed E-state index contributed by atoms with van der Waals surface area (Å²) in [7, 11) is 0. The second-order valence-corrected chi connectivity index (χ2v) is 6.19. The Hall–Kier alpha value is -3.28. The molecule has 3 aromatic heterocycles. The number of nitrogens with zero attached hydrogens (tertiary/aromatic N) is 3. The smallest absolute Gasteiger partial charge is 0.260 e. The van der Waals surface area contributed by atoms with Gasteiger partial charge in [0.25, 0.3) is 5.91 Å². The predicted molar refractivity (Wildman–Crippen MR) is 102 cm³/mol. The van der Waals surface area contributed by atoms with Gasteiger partial charge in [-0.15, -0.1) is 0 Å². The summed E-state index contributed by atoms with van der Waals surface area (Å²) in [6.07, 6.45) is 6.83. The first-order valence-electron chi connectivity index (χ1n) is 8.48. The molecule has 3 heterocycles. The third-order valence-corrected chi connectivity index (χ3v) is 3.95. The summed E-state index contributed by atoms with van der Waals surface area (Å²) in [5, 5.41) is 6.06. The van der Waals surface area contributed by atoms with Gasteiger partial charge in [0, 0.05) is 31.3 Å². The molecule has 0 saturated heterocycles. The molecule has 0 unspecified atom stereocenters. The molecule has 0 saturated carbocycles. The summed E-state index contributed by atoms with van der Waals surface area (Å²) in [5.74, 6) is 1.18. The van der Waals surface area contributed by atoms with Crippen molar-refractivity contribution in [2.45, 2.75) is 26.3 Å². The Morgan fingerprint density at radius 1 is 1.04 bits per heavy atom. The quantitative estimate of drug-likeness (QED) is 0.708. The van der Waals surface area contributed by atoms with Crippen LogP contribution in [0.4, 0.5) is 11.6 Å². The van der Waals surface area contributed by atoms with E-state index in [0.29, 0.717) is 29.7 Å². The van der Waals surface area contributed by atoms with Gasteiger partial charge in [0.2, 0.25) is 0 Å². The molecule has 0 aliphatic rings. The first kappa shape index (κ1) is 17.5. The normalized spacial score (nSPS) is 10.6. The van der Waals surface area contributed by atoms with E-state index in [9.17, 15) is 4.79 Å². The lowest BCUT2D eigenvalue weighted by Gasteiger charge is -2.12. The Morgan fingerprint density at radius 3 is 2.62 bits per heavy atom. The van der Waals surface area contributed by atoms with Crippen LogP contribution in [0.5, 0.6) is 0 Å². The van der Waals surface area contributed by atoms with E-state index in [2.05, 4.69) is 39.4 Å². The van der Waals surface area contributed by atoms with Crippen LogP contribution in [-0.2, 0) is 6.54 Å². The van der Waals surface area contributed by atoms with Crippen molar-refractivity contribution in [2.75, 3.05) is 10.6 Å². The monoisotopic (exact) mass is 347 g/mol. The Balaban J connectivity index is 1.74. The summed E-state index contributed by atoms with van der Waals surface area (Å²) in [5.41, 5.74) is 2.65. The zero-order chi connectivity index (χ0) is 18.4. The Kier molecular flexibility index (Phi) is 5.53. The number of aromatic nitrogens is 3. The lowest BCUT2D eigenvalue weighted by molar-refractivity contribution is 0.102. The third kappa shape index (κ3) is 4.42. The molecule has 0 aliphatic heterocycles. The third-order valence-electron chi connectivity index (χ3n) is 3.95. The fraction of sp³-hybridized carbons (Fsp3) is 0.200. The Labute approximate surface area is 152 Å². The first-order valence-corrected chi connectivity index (χ1v) is 8.48. The number of nitrogens with one attached hydrogen (secondary N) is 2. The van der Waals surface area contributed by atoms with Gasteiger partial charge in [-0.1, -0.05) is 13.8 Å². The average molecular weight is 347 g/mol. The molecular weight excluding hydrogens is 326 g/mol. The number of carbonyl (C=O) groups excluding carboxylic acids is 1. The van der Waals surface area contributed by atoms with Crippen LogP contribution in [0.1, 0.15) is 41.3 Å². The van der Waals surface area contributed by atoms with Crippen LogP contribution in [0.3, 0.4) is 0 Å². The first-order chi connectivity index (χ1) is 12.6. The molecule has 0 aromatic carbocycles. The van der Waals surface area contributed by atoms with Gasteiger partial charge in [0.15, 0.2) is 0 Å². The van der Waals surface area contributed by atoms with Gasteiger partial charge >= 0.3 is 0 Å². The highest BCUT2D eigenvalue weighted by molar-refractivity contribution is 6.07. The van der Waals surface area contributed by atoms with E-state index in [1.165, 1.54) is 0 Å². The van der Waals surface area contributed by atoms with Crippen molar-refractivity contribution in [1.29, 1.82) is 0 Å². The minimum Gasteiger partial charge on any atom is -0.365 e. The highest BCUT2D eigenvalue weighted by Gasteiger charge is 2.13. The standard InChI is InChI=1S/C20H21N5O/c1-14(2)16-7-11-22-18(12-16)25-20(26)17-4-3-8-23-19(17)24-13-15-5-9-21-10-6-15/h3-12,14H,13H2,1-2H3,(H,23,24)(H,22,25,26). The Morgan fingerprint density at radius 2 is 1.85 bits per heavy atom. The molecule has 0 spiro atoms. The van der Waals surface area contributed by atoms with Gasteiger partial charge in [-0.2, -0.15) is 0 Å². The van der Waals surface area contributed by atoms with Crippen molar-refractivity contribution in [1.82, 2.24) is 15.0 Å². The van der Waals surface area contributed by atoms with Gasteiger partial charge in [-0.25, -0.2) is 9.97 Å². The molecule has 132 valence electrons. The van der Waals surface area contributed by atoms with Crippen LogP contribution in [-0.4, -0.2) is 20.9 Å². The van der Waals surface area contributed by atoms with Gasteiger partial charge in [-0.05, 0) is 53.4 Å². The number of pyridine rings is 3. The van der Waals surface area contributed by atoms with E-state index in [4.69, 9.17) is 0 Å². The molecule has 3 aromatic rings. The van der Waals surface area contributed by atoms with Gasteiger partial charge in [0.1, 0.15) is 11.6 Å². The molecular formula is C20H21N5O. The van der Waals surface area contributed by atoms with Gasteiger partial charge in [-0.3, -0.25) is 9.78 Å². The van der Waals surface area contributed by atoms with Crippen molar-refractivity contribution in [3.05, 3.63) is 77.9 Å². The zero-order valence-corrected chi connectivity index (χ0v) is 14.8. The molecule has 6 nitrogen and oxygen atoms in total. The molecule has 0 fully saturated rings. The number of amides is 1. The van der Waals surface area contributed by atoms with Crippen LogP contribution in [0.15, 0.2) is 61.2 Å². The lowest BCUT2D eigenvalue weighted by Crippen LogP contribution is -2.16. The van der Waals surface area contributed by atoms with Crippen molar-refractivity contribution < 1.29 is 4.79 Å². The molecule has 2 N–H and O–H groups in total. The summed E-state index contributed by atoms with van der Waals surface area (Å²) < 4.78 is 0. The van der Waals surface area contributed by atoms with Crippen molar-refractivity contribution in [3.63, 3.8) is 0 Å². The van der Waals surface area contributed by atoms with Crippen LogP contribution in [0.2, 0.25) is 0 Å². The molecule has 0 radical (unpaired) electrons. The second kappa shape index (κ2) is 8.20. The summed E-state index contributed by atoms with van der Waals surface area (Å²) in [4.78, 5) is 25.2. The SMILES string of the molecule is CC(C)c1ccnc(NC(=O)c2cccnc2NCc2ccncc2)c1. The van der Waals surface area contributed by atoms with Crippen LogP contribution >= 0.6 is 0 Å². The van der Waals surface area contributed by atoms with E-state index in [-0.39, 0.29) is 5.91 Å². The predicted octanol–water partition coefficient (Wildman–Crippen LogP) is 3.86. The largest absolute Gasteiger partial charge is 0.365 e. The van der Waals surface area contributed by atoms with Gasteiger partial charge in [0.05, 0.1) is 5.56 Å². The van der Waals surface area contributed by atoms with E-state index < -0.39 is 0 Å². The van der Waals surface area contributed by atoms with Crippen molar-refractivity contribution in [3.8, 4) is 0 Å². The molecule has 0 atom stereocenters. The molecule has 3 rings (SSSR count). The number of hydrogen-bond acceptors (Lipinski definition) is 5. The second-order valence-electron chi connectivity index (χ2n) is 6.19. The number of rotatable bonds is 6. The minimum atomic E-state index is -0.247. The van der Waals surface area contributed by atoms with Crippen molar-refractivity contribution >= 4 is 17.5 Å². The van der Waals surface area contributed by atoms with Crippen molar-refractivity contribution in [2.24, 2.45) is 0 Å². The maximum Gasteiger partial charge on any atom is 0.260 e. The summed E-state index contributed by atoms with van der Waals surface area (Å²) in [6.45, 7) is 4.76. The average Bonchev–Trinajstić information content (AvgIpc) is 2.67. The van der Waals surface area contributed by atoms with E-state index in [1.807, 2.05) is 24.3 Å². The fourth-order valence-electron chi connectivity index (χ4n) is 2.47. The Bertz CT molecular complexity index is 880. The van der Waals surface area contributed by atoms with E-state index >= 15 is 0 Å². The highest BCUT2D eigenvalue weighted by atomic mass is 16.1. The topological polar surface area (TPSA) is 79.8 Å². The number of hydrogen-bond donors (Lipinski definition) is 2. The van der Waals surface area contributed by atoms with E-state index in [0.717, 1.165) is 11.1 Å². The lowest BCUT2D eigenvalue weighted by atomic mass is 10.1. The maximum atomic E-state index is 12.7. The molecule has 0 bridgehead atoms. The van der Waals surface area contributed by atoms with Crippen LogP contribution in [0.25, 0.3) is 0 Å². The fourth-order valence-corrected chi connectivity index (χ4v) is 2.47. The maximum absolute atomic E-state index is 12.7. The minimum absolute atomic E-state index is 0.247. The van der Waals surface area contributed by atoms with Crippen LogP contribution in [0, 0.1) is 0 Å². The zero-order valence-electron chi connectivity index (χ0n) is 14.8. The summed E-state index contributed by atoms with van der Waals surface area (Å²) in [6, 6.07) is 11.1. The molecule has 1 amide bonds. The highest BCUT2D eigenvalue weighted by Crippen LogP contribution is 2.18.